The second-order valence-corrected chi connectivity index (χ2v) is 5.49. The maximum Gasteiger partial charge on any atom is 0.328 e. The third-order valence-electron chi connectivity index (χ3n) is 2.25. The SMILES string of the molecule is O=C(O)C=Cc1cncc(S(=O)(=O)Nc2ncccn2)c1. The standard InChI is InChI=1S/C12H10N4O4S/c17-11(18)3-2-9-6-10(8-13-7-9)21(19,20)16-12-14-4-1-5-15-12/h1-8H,(H,17,18)(H,14,15,16). The lowest BCUT2D eigenvalue weighted by atomic mass is 10.2. The van der Waals surface area contributed by atoms with Crippen molar-refractivity contribution in [1.29, 1.82) is 0 Å². The molecule has 0 radical (unpaired) electrons. The van der Waals surface area contributed by atoms with Gasteiger partial charge in [-0.1, -0.05) is 0 Å². The predicted octanol–water partition coefficient (Wildman–Crippen LogP) is 0.770. The maximum atomic E-state index is 12.1. The molecule has 0 saturated heterocycles. The number of sulfonamides is 1. The Labute approximate surface area is 120 Å². The maximum absolute atomic E-state index is 12.1. The molecule has 9 heteroatoms. The molecule has 0 amide bonds. The fourth-order valence-electron chi connectivity index (χ4n) is 1.37. The zero-order chi connectivity index (χ0) is 15.3. The van der Waals surface area contributed by atoms with Crippen LogP contribution in [0.25, 0.3) is 6.08 Å². The zero-order valence-corrected chi connectivity index (χ0v) is 11.4. The molecule has 0 bridgehead atoms. The summed E-state index contributed by atoms with van der Waals surface area (Å²) in [7, 11) is -3.89. The number of carboxylic acids is 1. The van der Waals surface area contributed by atoms with Crippen LogP contribution < -0.4 is 4.72 Å². The lowest BCUT2D eigenvalue weighted by molar-refractivity contribution is -0.131. The molecule has 0 aromatic carbocycles. The molecule has 21 heavy (non-hydrogen) atoms. The highest BCUT2D eigenvalue weighted by Crippen LogP contribution is 2.13. The van der Waals surface area contributed by atoms with Gasteiger partial charge in [-0.25, -0.2) is 27.9 Å². The summed E-state index contributed by atoms with van der Waals surface area (Å²) in [6, 6.07) is 2.84. The van der Waals surface area contributed by atoms with Crippen LogP contribution in [0.2, 0.25) is 0 Å². The van der Waals surface area contributed by atoms with E-state index in [-0.39, 0.29) is 10.8 Å². The molecular weight excluding hydrogens is 296 g/mol. The second-order valence-electron chi connectivity index (χ2n) is 3.80. The Bertz CT molecular complexity index is 775. The van der Waals surface area contributed by atoms with E-state index in [0.29, 0.717) is 5.56 Å². The van der Waals surface area contributed by atoms with Crippen molar-refractivity contribution in [2.24, 2.45) is 0 Å². The summed E-state index contributed by atoms with van der Waals surface area (Å²) in [5.41, 5.74) is 0.342. The van der Waals surface area contributed by atoms with Crippen molar-refractivity contribution in [1.82, 2.24) is 15.0 Å². The topological polar surface area (TPSA) is 122 Å². The molecular formula is C12H10N4O4S. The first-order valence-electron chi connectivity index (χ1n) is 5.63. The third kappa shape index (κ3) is 4.08. The first-order valence-corrected chi connectivity index (χ1v) is 7.11. The average molecular weight is 306 g/mol. The molecule has 0 aliphatic rings. The molecule has 2 heterocycles. The number of nitrogens with one attached hydrogen (secondary N) is 1. The van der Waals surface area contributed by atoms with E-state index < -0.39 is 16.0 Å². The van der Waals surface area contributed by atoms with Gasteiger partial charge in [-0.2, -0.15) is 0 Å². The minimum absolute atomic E-state index is 0.0658. The smallest absolute Gasteiger partial charge is 0.328 e. The zero-order valence-electron chi connectivity index (χ0n) is 10.5. The summed E-state index contributed by atoms with van der Waals surface area (Å²) >= 11 is 0. The molecule has 0 atom stereocenters. The van der Waals surface area contributed by atoms with E-state index in [2.05, 4.69) is 19.7 Å². The van der Waals surface area contributed by atoms with E-state index in [4.69, 9.17) is 5.11 Å². The minimum atomic E-state index is -3.89. The Morgan fingerprint density at radius 1 is 1.24 bits per heavy atom. The van der Waals surface area contributed by atoms with Gasteiger partial charge in [0.05, 0.1) is 0 Å². The number of hydrogen-bond acceptors (Lipinski definition) is 6. The highest BCUT2D eigenvalue weighted by atomic mass is 32.2. The lowest BCUT2D eigenvalue weighted by Crippen LogP contribution is -2.15. The number of nitrogens with zero attached hydrogens (tertiary/aromatic N) is 3. The summed E-state index contributed by atoms with van der Waals surface area (Å²) in [6.07, 6.45) is 7.42. The van der Waals surface area contributed by atoms with Crippen molar-refractivity contribution in [3.63, 3.8) is 0 Å². The molecule has 0 unspecified atom stereocenters. The van der Waals surface area contributed by atoms with Crippen molar-refractivity contribution < 1.29 is 18.3 Å². The van der Waals surface area contributed by atoms with Gasteiger partial charge in [-0.3, -0.25) is 4.98 Å². The number of rotatable bonds is 5. The number of aromatic nitrogens is 3. The van der Waals surface area contributed by atoms with E-state index in [0.717, 1.165) is 12.3 Å². The molecule has 2 rings (SSSR count). The van der Waals surface area contributed by atoms with Crippen LogP contribution in [-0.2, 0) is 14.8 Å². The van der Waals surface area contributed by atoms with Crippen LogP contribution in [0.5, 0.6) is 0 Å². The number of hydrogen-bond donors (Lipinski definition) is 2. The van der Waals surface area contributed by atoms with Crippen molar-refractivity contribution >= 4 is 28.0 Å². The van der Waals surface area contributed by atoms with Gasteiger partial charge in [-0.15, -0.1) is 0 Å². The van der Waals surface area contributed by atoms with Gasteiger partial charge in [0, 0.05) is 30.9 Å². The second kappa shape index (κ2) is 6.09. The largest absolute Gasteiger partial charge is 0.478 e. The first kappa shape index (κ1) is 14.6. The highest BCUT2D eigenvalue weighted by Gasteiger charge is 2.16. The third-order valence-corrected chi connectivity index (χ3v) is 3.55. The van der Waals surface area contributed by atoms with Crippen LogP contribution in [0.15, 0.2) is 47.9 Å². The van der Waals surface area contributed by atoms with Crippen LogP contribution in [-0.4, -0.2) is 34.4 Å². The van der Waals surface area contributed by atoms with E-state index in [1.807, 2.05) is 0 Å². The van der Waals surface area contributed by atoms with Gasteiger partial charge in [0.25, 0.3) is 10.0 Å². The summed E-state index contributed by atoms with van der Waals surface area (Å²) in [4.78, 5) is 21.6. The Morgan fingerprint density at radius 3 is 2.62 bits per heavy atom. The Morgan fingerprint density at radius 2 is 1.95 bits per heavy atom. The lowest BCUT2D eigenvalue weighted by Gasteiger charge is -2.06. The number of pyridine rings is 1. The molecule has 2 N–H and O–H groups in total. The fraction of sp³-hybridized carbons (Fsp3) is 0. The summed E-state index contributed by atoms with van der Waals surface area (Å²) in [6.45, 7) is 0. The molecule has 2 aromatic heterocycles. The quantitative estimate of drug-likeness (QED) is 0.782. The summed E-state index contributed by atoms with van der Waals surface area (Å²) in [5, 5.41) is 8.54. The molecule has 0 aliphatic carbocycles. The van der Waals surface area contributed by atoms with Crippen LogP contribution in [0.4, 0.5) is 5.95 Å². The van der Waals surface area contributed by atoms with Crippen molar-refractivity contribution in [2.45, 2.75) is 4.90 Å². The number of carboxylic acid groups (broad SMARTS) is 1. The van der Waals surface area contributed by atoms with E-state index >= 15 is 0 Å². The van der Waals surface area contributed by atoms with E-state index in [1.165, 1.54) is 30.7 Å². The predicted molar refractivity (Wildman–Crippen MR) is 73.7 cm³/mol. The molecule has 2 aromatic rings. The van der Waals surface area contributed by atoms with E-state index in [1.54, 1.807) is 6.07 Å². The van der Waals surface area contributed by atoms with Crippen molar-refractivity contribution in [2.75, 3.05) is 4.72 Å². The molecule has 0 spiro atoms. The molecule has 0 saturated carbocycles. The van der Waals surface area contributed by atoms with Gasteiger partial charge < -0.3 is 5.11 Å². The van der Waals surface area contributed by atoms with Crippen molar-refractivity contribution in [3.8, 4) is 0 Å². The van der Waals surface area contributed by atoms with Crippen LogP contribution in [0, 0.1) is 0 Å². The van der Waals surface area contributed by atoms with Gasteiger partial charge in [0.15, 0.2) is 0 Å². The number of carbonyl (C=O) groups is 1. The van der Waals surface area contributed by atoms with Gasteiger partial charge in [0.2, 0.25) is 5.95 Å². The number of anilines is 1. The van der Waals surface area contributed by atoms with Crippen molar-refractivity contribution in [3.05, 3.63) is 48.6 Å². The molecule has 8 nitrogen and oxygen atoms in total. The van der Waals surface area contributed by atoms with Gasteiger partial charge in [-0.05, 0) is 23.8 Å². The number of aliphatic carboxylic acids is 1. The summed E-state index contributed by atoms with van der Waals surface area (Å²) in [5.74, 6) is -1.21. The van der Waals surface area contributed by atoms with Crippen LogP contribution in [0.3, 0.4) is 0 Å². The minimum Gasteiger partial charge on any atom is -0.478 e. The Balaban J connectivity index is 2.28. The Kier molecular flexibility index (Phi) is 4.24. The van der Waals surface area contributed by atoms with Crippen LogP contribution >= 0.6 is 0 Å². The highest BCUT2D eigenvalue weighted by molar-refractivity contribution is 7.92. The fourth-order valence-corrected chi connectivity index (χ4v) is 2.33. The van der Waals surface area contributed by atoms with Gasteiger partial charge in [0.1, 0.15) is 4.90 Å². The first-order chi connectivity index (χ1) is 9.97. The van der Waals surface area contributed by atoms with E-state index in [9.17, 15) is 13.2 Å². The molecule has 0 fully saturated rings. The molecule has 108 valence electrons. The summed E-state index contributed by atoms with van der Waals surface area (Å²) < 4.78 is 26.4. The monoisotopic (exact) mass is 306 g/mol. The average Bonchev–Trinajstić information content (AvgIpc) is 2.46. The Hall–Kier alpha value is -2.81. The van der Waals surface area contributed by atoms with Gasteiger partial charge >= 0.3 is 5.97 Å². The molecule has 0 aliphatic heterocycles. The normalized spacial score (nSPS) is 11.4. The van der Waals surface area contributed by atoms with Crippen LogP contribution in [0.1, 0.15) is 5.56 Å².